The van der Waals surface area contributed by atoms with Crippen LogP contribution in [0.15, 0.2) is 12.3 Å². The van der Waals surface area contributed by atoms with Crippen molar-refractivity contribution >= 4 is 18.3 Å². The molecule has 3 N–H and O–H groups in total. The molecule has 1 aromatic rings. The Labute approximate surface area is 107 Å². The summed E-state index contributed by atoms with van der Waals surface area (Å²) in [5.74, 6) is 0.491. The fourth-order valence-corrected chi connectivity index (χ4v) is 2.39. The number of likely N-dealkylation sites (tertiary alicyclic amines) is 1. The van der Waals surface area contributed by atoms with E-state index in [1.54, 1.807) is 12.3 Å². The van der Waals surface area contributed by atoms with Crippen molar-refractivity contribution in [2.45, 2.75) is 25.8 Å². The first-order valence-corrected chi connectivity index (χ1v) is 5.74. The second-order valence-electron chi connectivity index (χ2n) is 4.39. The maximum atomic E-state index is 12.2. The highest BCUT2D eigenvalue weighted by Gasteiger charge is 2.31. The Bertz CT molecular complexity index is 354. The first-order chi connectivity index (χ1) is 7.74. The van der Waals surface area contributed by atoms with Crippen molar-refractivity contribution in [3.8, 4) is 0 Å². The number of nitrogens with two attached hydrogens (primary N) is 1. The van der Waals surface area contributed by atoms with Crippen molar-refractivity contribution < 1.29 is 4.79 Å². The van der Waals surface area contributed by atoms with Crippen LogP contribution in [0.5, 0.6) is 0 Å². The predicted molar refractivity (Wildman–Crippen MR) is 68.1 cm³/mol. The lowest BCUT2D eigenvalue weighted by Gasteiger charge is -2.39. The van der Waals surface area contributed by atoms with Crippen molar-refractivity contribution in [1.29, 1.82) is 0 Å². The fourth-order valence-electron chi connectivity index (χ4n) is 2.39. The average Bonchev–Trinajstić information content (AvgIpc) is 2.81. The summed E-state index contributed by atoms with van der Waals surface area (Å²) < 4.78 is 0. The second kappa shape index (κ2) is 6.02. The first kappa shape index (κ1) is 14.0. The van der Waals surface area contributed by atoms with Crippen molar-refractivity contribution in [2.75, 3.05) is 13.1 Å². The van der Waals surface area contributed by atoms with Gasteiger partial charge in [0, 0.05) is 25.3 Å². The summed E-state index contributed by atoms with van der Waals surface area (Å²) in [7, 11) is 0. The van der Waals surface area contributed by atoms with E-state index in [-0.39, 0.29) is 24.4 Å². The third-order valence-electron chi connectivity index (χ3n) is 3.35. The van der Waals surface area contributed by atoms with Crippen molar-refractivity contribution in [3.05, 3.63) is 18.0 Å². The molecule has 0 saturated carbocycles. The summed E-state index contributed by atoms with van der Waals surface area (Å²) in [5.41, 5.74) is 6.30. The zero-order chi connectivity index (χ0) is 11.5. The fraction of sp³-hybridized carbons (Fsp3) is 0.636. The number of hydrogen-bond donors (Lipinski definition) is 2. The molecule has 0 bridgehead atoms. The molecule has 2 atom stereocenters. The number of piperidine rings is 1. The van der Waals surface area contributed by atoms with Gasteiger partial charge in [0.25, 0.3) is 5.91 Å². The molecule has 1 fully saturated rings. The molecule has 0 aliphatic carbocycles. The molecule has 1 saturated heterocycles. The van der Waals surface area contributed by atoms with Crippen LogP contribution >= 0.6 is 12.4 Å². The summed E-state index contributed by atoms with van der Waals surface area (Å²) in [6.07, 6.45) is 3.80. The largest absolute Gasteiger partial charge is 0.333 e. The predicted octanol–water partition coefficient (Wildman–Crippen LogP) is 1.03. The van der Waals surface area contributed by atoms with Crippen LogP contribution in [-0.2, 0) is 0 Å². The topological polar surface area (TPSA) is 75.0 Å². The number of nitrogens with one attached hydrogen (secondary N) is 1. The number of aromatic amines is 1. The number of amides is 1. The highest BCUT2D eigenvalue weighted by Crippen LogP contribution is 2.23. The number of halogens is 1. The lowest BCUT2D eigenvalue weighted by Crippen LogP contribution is -2.51. The Morgan fingerprint density at radius 3 is 3.06 bits per heavy atom. The normalized spacial score (nSPS) is 24.2. The number of nitrogens with zero attached hydrogens (tertiary/aromatic N) is 2. The third-order valence-corrected chi connectivity index (χ3v) is 3.35. The number of carbonyl (C=O) groups is 1. The Hall–Kier alpha value is -1.07. The summed E-state index contributed by atoms with van der Waals surface area (Å²) in [5, 5.41) is 6.52. The molecule has 0 radical (unpaired) electrons. The highest BCUT2D eigenvalue weighted by molar-refractivity contribution is 5.92. The van der Waals surface area contributed by atoms with Crippen LogP contribution in [0, 0.1) is 5.92 Å². The number of aromatic nitrogens is 2. The minimum atomic E-state index is 0. The molecular weight excluding hydrogens is 240 g/mol. The van der Waals surface area contributed by atoms with E-state index in [2.05, 4.69) is 17.1 Å². The number of rotatable bonds is 2. The minimum absolute atomic E-state index is 0. The first-order valence-electron chi connectivity index (χ1n) is 5.74. The molecule has 1 aliphatic rings. The van der Waals surface area contributed by atoms with Crippen LogP contribution in [0.25, 0.3) is 0 Å². The van der Waals surface area contributed by atoms with E-state index in [4.69, 9.17) is 5.73 Å². The number of carbonyl (C=O) groups excluding carboxylic acids is 1. The Kier molecular flexibility index (Phi) is 4.96. The molecule has 96 valence electrons. The van der Waals surface area contributed by atoms with Gasteiger partial charge in [-0.15, -0.1) is 12.4 Å². The van der Waals surface area contributed by atoms with Crippen LogP contribution in [0.2, 0.25) is 0 Å². The van der Waals surface area contributed by atoms with E-state index >= 15 is 0 Å². The van der Waals surface area contributed by atoms with Crippen LogP contribution in [-0.4, -0.2) is 40.1 Å². The second-order valence-corrected chi connectivity index (χ2v) is 4.39. The van der Waals surface area contributed by atoms with Gasteiger partial charge in [-0.25, -0.2) is 0 Å². The smallest absolute Gasteiger partial charge is 0.272 e. The standard InChI is InChI=1S/C11H18N4O.ClH/c1-8-3-2-6-15(10(8)7-12)11(16)9-4-5-13-14-9;/h4-5,8,10H,2-3,6-7,12H2,1H3,(H,13,14);1H. The molecule has 0 aromatic carbocycles. The molecule has 0 spiro atoms. The summed E-state index contributed by atoms with van der Waals surface area (Å²) in [6, 6.07) is 1.86. The van der Waals surface area contributed by atoms with Gasteiger partial charge in [0.05, 0.1) is 0 Å². The molecule has 17 heavy (non-hydrogen) atoms. The van der Waals surface area contributed by atoms with Gasteiger partial charge in [-0.05, 0) is 24.8 Å². The van der Waals surface area contributed by atoms with Crippen LogP contribution < -0.4 is 5.73 Å². The lowest BCUT2D eigenvalue weighted by molar-refractivity contribution is 0.0526. The Morgan fingerprint density at radius 1 is 1.71 bits per heavy atom. The molecule has 5 nitrogen and oxygen atoms in total. The highest BCUT2D eigenvalue weighted by atomic mass is 35.5. The average molecular weight is 259 g/mol. The van der Waals surface area contributed by atoms with E-state index in [1.165, 1.54) is 0 Å². The summed E-state index contributed by atoms with van der Waals surface area (Å²) in [6.45, 7) is 3.48. The van der Waals surface area contributed by atoms with Gasteiger partial charge in [-0.2, -0.15) is 5.10 Å². The van der Waals surface area contributed by atoms with Gasteiger partial charge in [0.15, 0.2) is 0 Å². The summed E-state index contributed by atoms with van der Waals surface area (Å²) >= 11 is 0. The monoisotopic (exact) mass is 258 g/mol. The van der Waals surface area contributed by atoms with Crippen molar-refractivity contribution in [2.24, 2.45) is 11.7 Å². The Balaban J connectivity index is 0.00000144. The molecule has 1 aliphatic heterocycles. The van der Waals surface area contributed by atoms with Crippen molar-refractivity contribution in [1.82, 2.24) is 15.1 Å². The minimum Gasteiger partial charge on any atom is -0.333 e. The van der Waals surface area contributed by atoms with Gasteiger partial charge in [0.1, 0.15) is 5.69 Å². The SMILES string of the molecule is CC1CCCN(C(=O)c2ccn[nH]2)C1CN.Cl. The molecule has 2 unspecified atom stereocenters. The van der Waals surface area contributed by atoms with E-state index in [0.717, 1.165) is 19.4 Å². The summed E-state index contributed by atoms with van der Waals surface area (Å²) in [4.78, 5) is 14.1. The van der Waals surface area contributed by atoms with Crippen LogP contribution in [0.4, 0.5) is 0 Å². The van der Waals surface area contributed by atoms with E-state index < -0.39 is 0 Å². The van der Waals surface area contributed by atoms with Gasteiger partial charge in [-0.3, -0.25) is 9.89 Å². The van der Waals surface area contributed by atoms with Crippen LogP contribution in [0.1, 0.15) is 30.3 Å². The van der Waals surface area contributed by atoms with Gasteiger partial charge < -0.3 is 10.6 Å². The van der Waals surface area contributed by atoms with Gasteiger partial charge in [-0.1, -0.05) is 6.92 Å². The maximum absolute atomic E-state index is 12.2. The van der Waals surface area contributed by atoms with Gasteiger partial charge in [0.2, 0.25) is 0 Å². The van der Waals surface area contributed by atoms with E-state index in [0.29, 0.717) is 18.2 Å². The molecule has 1 aromatic heterocycles. The third kappa shape index (κ3) is 2.79. The van der Waals surface area contributed by atoms with Crippen LogP contribution in [0.3, 0.4) is 0 Å². The van der Waals surface area contributed by atoms with E-state index in [9.17, 15) is 4.79 Å². The molecule has 6 heteroatoms. The number of hydrogen-bond acceptors (Lipinski definition) is 3. The zero-order valence-electron chi connectivity index (χ0n) is 9.93. The van der Waals surface area contributed by atoms with E-state index in [1.807, 2.05) is 4.90 Å². The molecule has 2 rings (SSSR count). The maximum Gasteiger partial charge on any atom is 0.272 e. The van der Waals surface area contributed by atoms with Crippen molar-refractivity contribution in [3.63, 3.8) is 0 Å². The zero-order valence-corrected chi connectivity index (χ0v) is 10.7. The van der Waals surface area contributed by atoms with Gasteiger partial charge >= 0.3 is 0 Å². The molecule has 2 heterocycles. The lowest BCUT2D eigenvalue weighted by atomic mass is 9.90. The Morgan fingerprint density at radius 2 is 2.47 bits per heavy atom. The molecular formula is C11H19ClN4O. The quantitative estimate of drug-likeness (QED) is 0.832. The molecule has 1 amide bonds. The number of H-pyrrole nitrogens is 1.